The molecule has 2 N–H and O–H groups in total. The van der Waals surface area contributed by atoms with E-state index in [1.807, 2.05) is 0 Å². The highest BCUT2D eigenvalue weighted by molar-refractivity contribution is 7.80. The molecule has 0 spiro atoms. The van der Waals surface area contributed by atoms with Crippen LogP contribution in [0.3, 0.4) is 0 Å². The Hall–Kier alpha value is -2.41. The lowest BCUT2D eigenvalue weighted by Crippen LogP contribution is -2.37. The van der Waals surface area contributed by atoms with Crippen LogP contribution in [0, 0.1) is 0 Å². The molecule has 1 aliphatic rings. The molecule has 0 unspecified atom stereocenters. The predicted molar refractivity (Wildman–Crippen MR) is 73.4 cm³/mol. The molecular formula is C13H11N2O4S-. The lowest BCUT2D eigenvalue weighted by molar-refractivity contribution is -0.312. The van der Waals surface area contributed by atoms with Crippen molar-refractivity contribution in [1.82, 2.24) is 10.6 Å². The Morgan fingerprint density at radius 1 is 1.35 bits per heavy atom. The van der Waals surface area contributed by atoms with Gasteiger partial charge in [-0.15, -0.1) is 0 Å². The zero-order valence-corrected chi connectivity index (χ0v) is 11.3. The number of carbonyl (C=O) groups is 2. The summed E-state index contributed by atoms with van der Waals surface area (Å²) in [4.78, 5) is 22.0. The number of nitrogens with one attached hydrogen (secondary N) is 2. The highest BCUT2D eigenvalue weighted by Crippen LogP contribution is 2.16. The first kappa shape index (κ1) is 14.0. The molecule has 0 aromatic heterocycles. The van der Waals surface area contributed by atoms with Gasteiger partial charge in [-0.25, -0.2) is 0 Å². The summed E-state index contributed by atoms with van der Waals surface area (Å²) >= 11 is 4.82. The number of benzene rings is 1. The van der Waals surface area contributed by atoms with Gasteiger partial charge in [-0.05, 0) is 42.9 Å². The number of amides is 1. The number of ether oxygens (including phenoxy) is 1. The first-order valence-corrected chi connectivity index (χ1v) is 6.18. The fraction of sp³-hybridized carbons (Fsp3) is 0.154. The van der Waals surface area contributed by atoms with Crippen LogP contribution >= 0.6 is 12.2 Å². The van der Waals surface area contributed by atoms with Crippen molar-refractivity contribution in [2.45, 2.75) is 13.0 Å². The van der Waals surface area contributed by atoms with Crippen molar-refractivity contribution in [2.24, 2.45) is 0 Å². The van der Waals surface area contributed by atoms with Gasteiger partial charge in [-0.1, -0.05) is 12.1 Å². The molecule has 1 atom stereocenters. The van der Waals surface area contributed by atoms with E-state index in [1.165, 1.54) is 6.92 Å². The molecule has 6 nitrogen and oxygen atoms in total. The maximum atomic E-state index is 11.5. The minimum absolute atomic E-state index is 0.268. The lowest BCUT2D eigenvalue weighted by atomic mass is 10.2. The quantitative estimate of drug-likeness (QED) is 0.577. The molecule has 7 heteroatoms. The van der Waals surface area contributed by atoms with Crippen molar-refractivity contribution in [3.63, 3.8) is 0 Å². The van der Waals surface area contributed by atoms with Gasteiger partial charge in [-0.3, -0.25) is 10.1 Å². The summed E-state index contributed by atoms with van der Waals surface area (Å²) in [6.07, 6.45) is 0.597. The van der Waals surface area contributed by atoms with Crippen molar-refractivity contribution >= 4 is 35.3 Å². The number of carboxylic acid groups (broad SMARTS) is 1. The number of carbonyl (C=O) groups excluding carboxylic acids is 2. The molecule has 1 fully saturated rings. The summed E-state index contributed by atoms with van der Waals surface area (Å²) in [5.41, 5.74) is 1.10. The van der Waals surface area contributed by atoms with Crippen LogP contribution in [0.4, 0.5) is 0 Å². The Kier molecular flexibility index (Phi) is 3.99. The summed E-state index contributed by atoms with van der Waals surface area (Å²) in [5, 5.41) is 16.0. The molecule has 1 aromatic rings. The van der Waals surface area contributed by atoms with Crippen LogP contribution in [-0.4, -0.2) is 23.1 Å². The summed E-state index contributed by atoms with van der Waals surface area (Å²) in [5.74, 6) is -1.17. The van der Waals surface area contributed by atoms with Gasteiger partial charge in [0.1, 0.15) is 17.6 Å². The maximum absolute atomic E-state index is 11.5. The molecule has 104 valence electrons. The first-order valence-electron chi connectivity index (χ1n) is 5.77. The molecule has 1 saturated heterocycles. The molecule has 1 aromatic carbocycles. The number of rotatable bonds is 4. The zero-order valence-electron chi connectivity index (χ0n) is 10.5. The van der Waals surface area contributed by atoms with Crippen LogP contribution in [0.1, 0.15) is 12.5 Å². The van der Waals surface area contributed by atoms with Crippen LogP contribution in [0.2, 0.25) is 0 Å². The Balaban J connectivity index is 2.09. The smallest absolute Gasteiger partial charge is 0.273 e. The summed E-state index contributed by atoms with van der Waals surface area (Å²) in [6.45, 7) is 1.39. The highest BCUT2D eigenvalue weighted by Gasteiger charge is 2.19. The number of aliphatic carboxylic acids is 1. The molecule has 0 bridgehead atoms. The van der Waals surface area contributed by atoms with Crippen LogP contribution in [-0.2, 0) is 9.59 Å². The molecule has 1 aliphatic heterocycles. The van der Waals surface area contributed by atoms with Crippen molar-refractivity contribution in [1.29, 1.82) is 0 Å². The second kappa shape index (κ2) is 5.70. The van der Waals surface area contributed by atoms with E-state index >= 15 is 0 Å². The summed E-state index contributed by atoms with van der Waals surface area (Å²) < 4.78 is 5.14. The molecule has 20 heavy (non-hydrogen) atoms. The van der Waals surface area contributed by atoms with Crippen molar-refractivity contribution in [3.8, 4) is 5.75 Å². The predicted octanol–water partition coefficient (Wildman–Crippen LogP) is -0.451. The Bertz CT molecular complexity index is 595. The molecular weight excluding hydrogens is 280 g/mol. The van der Waals surface area contributed by atoms with Gasteiger partial charge in [0, 0.05) is 0 Å². The van der Waals surface area contributed by atoms with Gasteiger partial charge in [0.15, 0.2) is 5.11 Å². The van der Waals surface area contributed by atoms with Crippen LogP contribution in [0.25, 0.3) is 6.08 Å². The number of hydrogen-bond acceptors (Lipinski definition) is 5. The van der Waals surface area contributed by atoms with E-state index in [4.69, 9.17) is 17.0 Å². The van der Waals surface area contributed by atoms with E-state index in [1.54, 1.807) is 30.3 Å². The average Bonchev–Trinajstić information content (AvgIpc) is 2.70. The highest BCUT2D eigenvalue weighted by atomic mass is 32.1. The molecule has 0 saturated carbocycles. The van der Waals surface area contributed by atoms with Crippen LogP contribution in [0.5, 0.6) is 5.75 Å². The normalized spacial score (nSPS) is 17.6. The molecule has 2 rings (SSSR count). The number of carboxylic acids is 1. The molecule has 0 radical (unpaired) electrons. The van der Waals surface area contributed by atoms with Crippen LogP contribution in [0.15, 0.2) is 30.0 Å². The van der Waals surface area contributed by atoms with Gasteiger partial charge in [0.2, 0.25) is 0 Å². The topological polar surface area (TPSA) is 90.5 Å². The van der Waals surface area contributed by atoms with Gasteiger partial charge in [0.05, 0.1) is 5.97 Å². The van der Waals surface area contributed by atoms with E-state index in [9.17, 15) is 14.7 Å². The maximum Gasteiger partial charge on any atom is 0.273 e. The second-order valence-corrected chi connectivity index (χ2v) is 4.52. The SMILES string of the molecule is C[C@@H](Oc1ccc(/C=C2\NC(=S)NC2=O)cc1)C(=O)[O-]. The number of hydrogen-bond donors (Lipinski definition) is 2. The Labute approximate surface area is 120 Å². The largest absolute Gasteiger partial charge is 0.546 e. The van der Waals surface area contributed by atoms with E-state index in [0.29, 0.717) is 11.4 Å². The van der Waals surface area contributed by atoms with Gasteiger partial charge >= 0.3 is 0 Å². The minimum atomic E-state index is -1.28. The van der Waals surface area contributed by atoms with E-state index in [-0.39, 0.29) is 11.0 Å². The number of thiocarbonyl (C=S) groups is 1. The van der Waals surface area contributed by atoms with Crippen molar-refractivity contribution < 1.29 is 19.4 Å². The van der Waals surface area contributed by atoms with Crippen LogP contribution < -0.4 is 20.5 Å². The first-order chi connectivity index (χ1) is 9.45. The lowest BCUT2D eigenvalue weighted by Gasteiger charge is -2.15. The molecule has 1 amide bonds. The fourth-order valence-corrected chi connectivity index (χ4v) is 1.75. The third-order valence-corrected chi connectivity index (χ3v) is 2.76. The Morgan fingerprint density at radius 3 is 2.50 bits per heavy atom. The van der Waals surface area contributed by atoms with Crippen molar-refractivity contribution in [3.05, 3.63) is 35.5 Å². The monoisotopic (exact) mass is 291 g/mol. The molecule has 1 heterocycles. The molecule has 0 aliphatic carbocycles. The summed E-state index contributed by atoms with van der Waals surface area (Å²) in [7, 11) is 0. The second-order valence-electron chi connectivity index (χ2n) is 4.11. The zero-order chi connectivity index (χ0) is 14.7. The standard InChI is InChI=1S/C13H12N2O4S/c1-7(12(17)18)19-9-4-2-8(3-5-9)6-10-11(16)15-13(20)14-10/h2-7H,1H3,(H,17,18)(H2,14,15,16,20)/p-1/b10-6-/t7-/m1/s1. The van der Waals surface area contributed by atoms with E-state index in [2.05, 4.69) is 10.6 Å². The Morgan fingerprint density at radius 2 is 2.00 bits per heavy atom. The van der Waals surface area contributed by atoms with Gasteiger partial charge in [0.25, 0.3) is 5.91 Å². The van der Waals surface area contributed by atoms with E-state index < -0.39 is 12.1 Å². The van der Waals surface area contributed by atoms with Gasteiger partial charge in [-0.2, -0.15) is 0 Å². The van der Waals surface area contributed by atoms with Crippen molar-refractivity contribution in [2.75, 3.05) is 0 Å². The third kappa shape index (κ3) is 3.33. The van der Waals surface area contributed by atoms with Gasteiger partial charge < -0.3 is 20.0 Å². The summed E-state index contributed by atoms with van der Waals surface area (Å²) in [6, 6.07) is 6.61. The average molecular weight is 291 g/mol. The van der Waals surface area contributed by atoms with E-state index in [0.717, 1.165) is 5.56 Å². The minimum Gasteiger partial charge on any atom is -0.546 e. The third-order valence-electron chi connectivity index (χ3n) is 2.56. The fourth-order valence-electron chi connectivity index (χ4n) is 1.54.